The van der Waals surface area contributed by atoms with Crippen LogP contribution >= 0.6 is 0 Å². The number of nitriles is 1. The molecule has 0 atom stereocenters. The fourth-order valence-corrected chi connectivity index (χ4v) is 4.03. The second-order valence-corrected chi connectivity index (χ2v) is 8.71. The topological polar surface area (TPSA) is 140 Å². The number of benzene rings is 2. The Labute approximate surface area is 199 Å². The van der Waals surface area contributed by atoms with Gasteiger partial charge in [-0.05, 0) is 61.6 Å². The summed E-state index contributed by atoms with van der Waals surface area (Å²) in [7, 11) is 0. The molecular formula is C26H29N5O3. The van der Waals surface area contributed by atoms with Crippen molar-refractivity contribution in [3.63, 3.8) is 0 Å². The van der Waals surface area contributed by atoms with Gasteiger partial charge in [0.25, 0.3) is 0 Å². The highest BCUT2D eigenvalue weighted by Gasteiger charge is 2.43. The molecule has 1 aromatic heterocycles. The molecule has 176 valence electrons. The van der Waals surface area contributed by atoms with E-state index in [4.69, 9.17) is 26.2 Å². The van der Waals surface area contributed by atoms with Gasteiger partial charge in [-0.1, -0.05) is 12.1 Å². The first-order chi connectivity index (χ1) is 16.4. The largest absolute Gasteiger partial charge is 0.508 e. The van der Waals surface area contributed by atoms with Crippen molar-refractivity contribution < 1.29 is 14.6 Å². The molecule has 1 aliphatic rings. The molecule has 0 radical (unpaired) electrons. The van der Waals surface area contributed by atoms with E-state index in [2.05, 4.69) is 16.0 Å². The molecule has 8 nitrogen and oxygen atoms in total. The Morgan fingerprint density at radius 1 is 1.12 bits per heavy atom. The second kappa shape index (κ2) is 9.87. The number of hydrogen-bond acceptors (Lipinski definition) is 8. The number of nitrogens with zero attached hydrogens (tertiary/aromatic N) is 3. The van der Waals surface area contributed by atoms with Crippen molar-refractivity contribution in [2.24, 2.45) is 5.41 Å². The Morgan fingerprint density at radius 2 is 1.82 bits per heavy atom. The summed E-state index contributed by atoms with van der Waals surface area (Å²) in [5, 5.41) is 18.8. The minimum absolute atomic E-state index is 0.0545. The monoisotopic (exact) mass is 459 g/mol. The molecule has 1 heterocycles. The lowest BCUT2D eigenvalue weighted by Gasteiger charge is -2.21. The minimum Gasteiger partial charge on any atom is -0.508 e. The maximum absolute atomic E-state index is 9.78. The molecule has 34 heavy (non-hydrogen) atoms. The van der Waals surface area contributed by atoms with Crippen LogP contribution in [0.15, 0.2) is 42.6 Å². The summed E-state index contributed by atoms with van der Waals surface area (Å²) in [5.74, 6) is 2.02. The average molecular weight is 460 g/mol. The first-order valence-corrected chi connectivity index (χ1v) is 11.4. The third-order valence-corrected chi connectivity index (χ3v) is 6.15. The smallest absolute Gasteiger partial charge is 0.221 e. The number of hydrogen-bond donors (Lipinski definition) is 3. The van der Waals surface area contributed by atoms with Crippen LogP contribution in [0.5, 0.6) is 17.2 Å². The SMILES string of the molecule is CCOc1cc(Cc2cnc(N)nc2N)cc(OCC2(CCC#N)CC2)c1-c1ccc(O)cc1. The van der Waals surface area contributed by atoms with Crippen LogP contribution in [0, 0.1) is 16.7 Å². The summed E-state index contributed by atoms with van der Waals surface area (Å²) < 4.78 is 12.5. The molecule has 0 saturated heterocycles. The van der Waals surface area contributed by atoms with Gasteiger partial charge >= 0.3 is 0 Å². The van der Waals surface area contributed by atoms with Gasteiger partial charge in [0, 0.05) is 30.0 Å². The Hall–Kier alpha value is -3.99. The second-order valence-electron chi connectivity index (χ2n) is 8.71. The number of anilines is 2. The van der Waals surface area contributed by atoms with Crippen LogP contribution in [0.25, 0.3) is 11.1 Å². The normalized spacial score (nSPS) is 13.8. The fourth-order valence-electron chi connectivity index (χ4n) is 4.03. The van der Waals surface area contributed by atoms with E-state index in [0.29, 0.717) is 43.4 Å². The van der Waals surface area contributed by atoms with Crippen LogP contribution in [0.1, 0.15) is 43.7 Å². The number of aromatic nitrogens is 2. The zero-order valence-electron chi connectivity index (χ0n) is 19.3. The van der Waals surface area contributed by atoms with Gasteiger partial charge < -0.3 is 26.0 Å². The van der Waals surface area contributed by atoms with Gasteiger partial charge in [-0.3, -0.25) is 0 Å². The van der Waals surface area contributed by atoms with Crippen LogP contribution in [-0.2, 0) is 6.42 Å². The molecule has 3 aromatic rings. The van der Waals surface area contributed by atoms with Gasteiger partial charge in [0.1, 0.15) is 23.1 Å². The highest BCUT2D eigenvalue weighted by Crippen LogP contribution is 2.50. The number of nitrogen functional groups attached to an aromatic ring is 2. The highest BCUT2D eigenvalue weighted by atomic mass is 16.5. The summed E-state index contributed by atoms with van der Waals surface area (Å²) in [6.07, 6.45) is 5.58. The zero-order chi connectivity index (χ0) is 24.1. The van der Waals surface area contributed by atoms with Crippen molar-refractivity contribution in [2.45, 2.75) is 39.0 Å². The quantitative estimate of drug-likeness (QED) is 0.403. The summed E-state index contributed by atoms with van der Waals surface area (Å²) in [5.41, 5.74) is 15.2. The van der Waals surface area contributed by atoms with Crippen LogP contribution in [0.3, 0.4) is 0 Å². The molecule has 1 aliphatic carbocycles. The Morgan fingerprint density at radius 3 is 2.44 bits per heavy atom. The van der Waals surface area contributed by atoms with Gasteiger partial charge in [0.2, 0.25) is 5.95 Å². The maximum atomic E-state index is 9.78. The fraction of sp³-hybridized carbons (Fsp3) is 0.346. The lowest BCUT2D eigenvalue weighted by Crippen LogP contribution is -2.14. The summed E-state index contributed by atoms with van der Waals surface area (Å²) in [6, 6.07) is 13.2. The molecule has 0 amide bonds. The van der Waals surface area contributed by atoms with E-state index in [1.165, 1.54) is 0 Å². The van der Waals surface area contributed by atoms with E-state index < -0.39 is 0 Å². The average Bonchev–Trinajstić information content (AvgIpc) is 3.59. The van der Waals surface area contributed by atoms with E-state index >= 15 is 0 Å². The molecule has 4 rings (SSSR count). The number of rotatable bonds is 10. The van der Waals surface area contributed by atoms with Crippen LogP contribution in [0.4, 0.5) is 11.8 Å². The van der Waals surface area contributed by atoms with Gasteiger partial charge in [-0.25, -0.2) is 4.98 Å². The van der Waals surface area contributed by atoms with Gasteiger partial charge in [-0.2, -0.15) is 10.2 Å². The predicted octanol–water partition coefficient (Wildman–Crippen LogP) is 4.47. The van der Waals surface area contributed by atoms with E-state index in [1.807, 2.05) is 31.2 Å². The number of phenols is 1. The Kier molecular flexibility index (Phi) is 6.73. The number of aromatic hydroxyl groups is 1. The molecule has 5 N–H and O–H groups in total. The first kappa shape index (κ1) is 23.2. The lowest BCUT2D eigenvalue weighted by molar-refractivity contribution is 0.226. The summed E-state index contributed by atoms with van der Waals surface area (Å²) >= 11 is 0. The van der Waals surface area contributed by atoms with Crippen molar-refractivity contribution in [1.29, 1.82) is 5.26 Å². The zero-order valence-corrected chi connectivity index (χ0v) is 19.3. The predicted molar refractivity (Wildman–Crippen MR) is 130 cm³/mol. The standard InChI is InChI=1S/C26H29N5O3/c1-2-33-21-13-17(12-19-15-30-25(29)31-24(19)28)14-22(23(21)18-4-6-20(32)7-5-18)34-16-26(9-10-26)8-3-11-27/h4-7,13-15,32H,2-3,8-10,12,16H2,1H3,(H4,28,29,30,31). The van der Waals surface area contributed by atoms with Crippen molar-refractivity contribution in [1.82, 2.24) is 9.97 Å². The molecule has 2 aromatic carbocycles. The molecule has 0 bridgehead atoms. The van der Waals surface area contributed by atoms with Gasteiger partial charge in [0.05, 0.1) is 24.8 Å². The van der Waals surface area contributed by atoms with E-state index in [-0.39, 0.29) is 17.1 Å². The number of ether oxygens (including phenoxy) is 2. The van der Waals surface area contributed by atoms with E-state index in [1.54, 1.807) is 18.3 Å². The molecule has 1 saturated carbocycles. The summed E-state index contributed by atoms with van der Waals surface area (Å²) in [6.45, 7) is 2.94. The molecular weight excluding hydrogens is 430 g/mol. The highest BCUT2D eigenvalue weighted by molar-refractivity contribution is 5.78. The third kappa shape index (κ3) is 5.31. The van der Waals surface area contributed by atoms with E-state index in [0.717, 1.165) is 41.5 Å². The third-order valence-electron chi connectivity index (χ3n) is 6.15. The number of phenolic OH excluding ortho intramolecular Hbond substituents is 1. The summed E-state index contributed by atoms with van der Waals surface area (Å²) in [4.78, 5) is 8.13. The minimum atomic E-state index is 0.0545. The first-order valence-electron chi connectivity index (χ1n) is 11.4. The van der Waals surface area contributed by atoms with Crippen LogP contribution in [0.2, 0.25) is 0 Å². The Bertz CT molecular complexity index is 1200. The van der Waals surface area contributed by atoms with Crippen molar-refractivity contribution in [3.05, 3.63) is 53.7 Å². The molecule has 0 spiro atoms. The van der Waals surface area contributed by atoms with Crippen LogP contribution < -0.4 is 20.9 Å². The van der Waals surface area contributed by atoms with Crippen molar-refractivity contribution >= 4 is 11.8 Å². The Balaban J connectivity index is 1.73. The van der Waals surface area contributed by atoms with Gasteiger partial charge in [0.15, 0.2) is 0 Å². The number of nitrogens with two attached hydrogens (primary N) is 2. The molecule has 0 unspecified atom stereocenters. The van der Waals surface area contributed by atoms with Crippen molar-refractivity contribution in [3.8, 4) is 34.4 Å². The molecule has 0 aliphatic heterocycles. The maximum Gasteiger partial charge on any atom is 0.221 e. The van der Waals surface area contributed by atoms with Gasteiger partial charge in [-0.15, -0.1) is 0 Å². The van der Waals surface area contributed by atoms with Crippen LogP contribution in [-0.4, -0.2) is 28.3 Å². The lowest BCUT2D eigenvalue weighted by atomic mass is 9.97. The molecule has 8 heteroatoms. The van der Waals surface area contributed by atoms with E-state index in [9.17, 15) is 5.11 Å². The van der Waals surface area contributed by atoms with Crippen molar-refractivity contribution in [2.75, 3.05) is 24.7 Å². The molecule has 1 fully saturated rings.